The molecule has 0 aliphatic carbocycles. The number of hydrogen-bond acceptors (Lipinski definition) is 2. The second-order valence-corrected chi connectivity index (χ2v) is 6.37. The van der Waals surface area contributed by atoms with Crippen molar-refractivity contribution in [1.82, 2.24) is 0 Å². The summed E-state index contributed by atoms with van der Waals surface area (Å²) in [6.07, 6.45) is 0.810. The molecule has 0 radical (unpaired) electrons. The summed E-state index contributed by atoms with van der Waals surface area (Å²) < 4.78 is 19.7. The molecule has 2 rings (SSSR count). The molecular weight excluding hydrogens is 253 g/mol. The van der Waals surface area contributed by atoms with Gasteiger partial charge in [-0.25, -0.2) is 4.39 Å². The Bertz CT molecular complexity index is 439. The van der Waals surface area contributed by atoms with Gasteiger partial charge < -0.3 is 10.1 Å². The van der Waals surface area contributed by atoms with Gasteiger partial charge in [-0.3, -0.25) is 0 Å². The predicted octanol–water partition coefficient (Wildman–Crippen LogP) is 4.24. The summed E-state index contributed by atoms with van der Waals surface area (Å²) in [5.74, 6) is -0.331. The molecule has 1 unspecified atom stereocenters. The molecule has 4 heteroatoms. The van der Waals surface area contributed by atoms with Crippen LogP contribution >= 0.6 is 11.6 Å². The second-order valence-electron chi connectivity index (χ2n) is 5.96. The van der Waals surface area contributed by atoms with Gasteiger partial charge in [0.2, 0.25) is 0 Å². The molecule has 2 nitrogen and oxygen atoms in total. The molecular formula is C14H19ClFNO. The molecule has 0 spiro atoms. The van der Waals surface area contributed by atoms with Gasteiger partial charge in [-0.15, -0.1) is 0 Å². The SMILES string of the molecule is CC1(C)CC(Nc2c(F)cccc2Cl)C(C)(C)O1. The number of benzene rings is 1. The number of anilines is 1. The molecule has 1 N–H and O–H groups in total. The number of para-hydroxylation sites is 1. The zero-order valence-electron chi connectivity index (χ0n) is 11.2. The molecule has 0 saturated carbocycles. The van der Waals surface area contributed by atoms with Crippen LogP contribution in [0.3, 0.4) is 0 Å². The van der Waals surface area contributed by atoms with E-state index in [-0.39, 0.29) is 23.1 Å². The van der Waals surface area contributed by atoms with Gasteiger partial charge in [0, 0.05) is 0 Å². The van der Waals surface area contributed by atoms with Crippen LogP contribution < -0.4 is 5.32 Å². The van der Waals surface area contributed by atoms with E-state index >= 15 is 0 Å². The van der Waals surface area contributed by atoms with Crippen molar-refractivity contribution in [3.8, 4) is 0 Å². The van der Waals surface area contributed by atoms with E-state index in [2.05, 4.69) is 5.32 Å². The topological polar surface area (TPSA) is 21.3 Å². The van der Waals surface area contributed by atoms with Gasteiger partial charge >= 0.3 is 0 Å². The van der Waals surface area contributed by atoms with Gasteiger partial charge in [-0.05, 0) is 46.2 Å². The summed E-state index contributed by atoms with van der Waals surface area (Å²) in [6, 6.07) is 4.72. The van der Waals surface area contributed by atoms with Crippen LogP contribution in [0.2, 0.25) is 5.02 Å². The highest BCUT2D eigenvalue weighted by Gasteiger charge is 2.46. The van der Waals surface area contributed by atoms with E-state index < -0.39 is 0 Å². The quantitative estimate of drug-likeness (QED) is 0.869. The first-order chi connectivity index (χ1) is 8.21. The van der Waals surface area contributed by atoms with Crippen molar-refractivity contribution >= 4 is 17.3 Å². The summed E-state index contributed by atoms with van der Waals surface area (Å²) >= 11 is 6.03. The number of halogens is 2. The minimum Gasteiger partial charge on any atom is -0.376 e. The first-order valence-electron chi connectivity index (χ1n) is 6.12. The van der Waals surface area contributed by atoms with Crippen LogP contribution in [0, 0.1) is 5.82 Å². The Hall–Kier alpha value is -0.800. The Morgan fingerprint density at radius 2 is 2.00 bits per heavy atom. The molecule has 0 aromatic heterocycles. The van der Waals surface area contributed by atoms with Crippen LogP contribution in [0.5, 0.6) is 0 Å². The minimum absolute atomic E-state index is 0.0295. The molecule has 1 atom stereocenters. The average molecular weight is 272 g/mol. The largest absolute Gasteiger partial charge is 0.376 e. The fourth-order valence-electron chi connectivity index (χ4n) is 2.60. The van der Waals surface area contributed by atoms with E-state index in [1.54, 1.807) is 12.1 Å². The lowest BCUT2D eigenvalue weighted by Gasteiger charge is -2.28. The molecule has 1 fully saturated rings. The lowest BCUT2D eigenvalue weighted by molar-refractivity contribution is -0.0662. The van der Waals surface area contributed by atoms with Crippen molar-refractivity contribution in [2.24, 2.45) is 0 Å². The molecule has 1 aromatic rings. The standard InChI is InChI=1S/C14H19ClFNO/c1-13(2)8-11(14(3,4)18-13)17-12-9(15)6-5-7-10(12)16/h5-7,11,17H,8H2,1-4H3. The van der Waals surface area contributed by atoms with Crippen LogP contribution in [0.15, 0.2) is 18.2 Å². The van der Waals surface area contributed by atoms with Gasteiger partial charge in [-0.2, -0.15) is 0 Å². The Kier molecular flexibility index (Phi) is 3.32. The van der Waals surface area contributed by atoms with E-state index in [4.69, 9.17) is 16.3 Å². The van der Waals surface area contributed by atoms with Crippen LogP contribution in [-0.4, -0.2) is 17.2 Å². The zero-order chi connectivity index (χ0) is 13.6. The third-order valence-electron chi connectivity index (χ3n) is 3.36. The average Bonchev–Trinajstić information content (AvgIpc) is 2.40. The third-order valence-corrected chi connectivity index (χ3v) is 3.67. The first-order valence-corrected chi connectivity index (χ1v) is 6.50. The summed E-state index contributed by atoms with van der Waals surface area (Å²) in [5.41, 5.74) is -0.202. The minimum atomic E-state index is -0.352. The summed E-state index contributed by atoms with van der Waals surface area (Å²) in [6.45, 7) is 8.10. The van der Waals surface area contributed by atoms with E-state index in [1.165, 1.54) is 6.07 Å². The lowest BCUT2D eigenvalue weighted by atomic mass is 9.94. The maximum Gasteiger partial charge on any atom is 0.147 e. The number of rotatable bonds is 2. The van der Waals surface area contributed by atoms with Crippen LogP contribution in [0.1, 0.15) is 34.1 Å². The van der Waals surface area contributed by atoms with Crippen molar-refractivity contribution in [2.75, 3.05) is 5.32 Å². The number of hydrogen-bond donors (Lipinski definition) is 1. The normalized spacial score (nSPS) is 25.1. The highest BCUT2D eigenvalue weighted by molar-refractivity contribution is 6.33. The van der Waals surface area contributed by atoms with Crippen LogP contribution in [0.25, 0.3) is 0 Å². The second kappa shape index (κ2) is 4.39. The summed E-state index contributed by atoms with van der Waals surface area (Å²) in [4.78, 5) is 0. The van der Waals surface area contributed by atoms with Crippen molar-refractivity contribution in [3.05, 3.63) is 29.0 Å². The fraction of sp³-hybridized carbons (Fsp3) is 0.571. The van der Waals surface area contributed by atoms with Gasteiger partial charge in [-0.1, -0.05) is 17.7 Å². The Labute approximate surface area is 112 Å². The first kappa shape index (κ1) is 13.6. The molecule has 0 amide bonds. The Balaban J connectivity index is 2.25. The van der Waals surface area contributed by atoms with Crippen molar-refractivity contribution < 1.29 is 9.13 Å². The molecule has 0 bridgehead atoms. The molecule has 1 heterocycles. The van der Waals surface area contributed by atoms with Crippen molar-refractivity contribution in [2.45, 2.75) is 51.4 Å². The van der Waals surface area contributed by atoms with Crippen LogP contribution in [0.4, 0.5) is 10.1 Å². The highest BCUT2D eigenvalue weighted by atomic mass is 35.5. The van der Waals surface area contributed by atoms with Crippen molar-refractivity contribution in [3.63, 3.8) is 0 Å². The number of nitrogens with one attached hydrogen (secondary N) is 1. The lowest BCUT2D eigenvalue weighted by Crippen LogP contribution is -2.38. The van der Waals surface area contributed by atoms with Gasteiger partial charge in [0.15, 0.2) is 0 Å². The molecule has 1 aromatic carbocycles. The summed E-state index contributed by atoms with van der Waals surface area (Å²) in [7, 11) is 0. The highest BCUT2D eigenvalue weighted by Crippen LogP contribution is 2.40. The third kappa shape index (κ3) is 2.62. The maximum absolute atomic E-state index is 13.8. The summed E-state index contributed by atoms with van der Waals surface area (Å²) in [5, 5.41) is 3.59. The van der Waals surface area contributed by atoms with Gasteiger partial charge in [0.25, 0.3) is 0 Å². The maximum atomic E-state index is 13.8. The van der Waals surface area contributed by atoms with Gasteiger partial charge in [0.05, 0.1) is 28.0 Å². The molecule has 18 heavy (non-hydrogen) atoms. The van der Waals surface area contributed by atoms with E-state index in [0.29, 0.717) is 10.7 Å². The van der Waals surface area contributed by atoms with E-state index in [9.17, 15) is 4.39 Å². The van der Waals surface area contributed by atoms with Crippen LogP contribution in [-0.2, 0) is 4.74 Å². The molecule has 100 valence electrons. The Morgan fingerprint density at radius 1 is 1.33 bits per heavy atom. The molecule has 1 aliphatic rings. The zero-order valence-corrected chi connectivity index (χ0v) is 11.9. The number of ether oxygens (including phenoxy) is 1. The van der Waals surface area contributed by atoms with E-state index in [1.807, 2.05) is 27.7 Å². The van der Waals surface area contributed by atoms with Crippen molar-refractivity contribution in [1.29, 1.82) is 0 Å². The smallest absolute Gasteiger partial charge is 0.147 e. The van der Waals surface area contributed by atoms with Gasteiger partial charge in [0.1, 0.15) is 5.82 Å². The molecule has 1 saturated heterocycles. The monoisotopic (exact) mass is 271 g/mol. The fourth-order valence-corrected chi connectivity index (χ4v) is 2.81. The molecule has 1 aliphatic heterocycles. The predicted molar refractivity (Wildman–Crippen MR) is 72.7 cm³/mol. The Morgan fingerprint density at radius 3 is 2.50 bits per heavy atom. The van der Waals surface area contributed by atoms with E-state index in [0.717, 1.165) is 6.42 Å².